The summed E-state index contributed by atoms with van der Waals surface area (Å²) in [6, 6.07) is 19.4. The van der Waals surface area contributed by atoms with Crippen molar-refractivity contribution in [2.24, 2.45) is 0 Å². The van der Waals surface area contributed by atoms with Crippen molar-refractivity contribution in [3.05, 3.63) is 71.4 Å². The minimum atomic E-state index is 1.08. The van der Waals surface area contributed by atoms with Gasteiger partial charge in [-0.2, -0.15) is 0 Å². The van der Waals surface area contributed by atoms with Gasteiger partial charge >= 0.3 is 0 Å². The quantitative estimate of drug-likeness (QED) is 0.581. The highest BCUT2D eigenvalue weighted by molar-refractivity contribution is 5.94. The molecule has 0 spiro atoms. The van der Waals surface area contributed by atoms with Crippen LogP contribution < -0.4 is 0 Å². The van der Waals surface area contributed by atoms with Crippen LogP contribution in [0.3, 0.4) is 0 Å². The number of allylic oxidation sites excluding steroid dienone is 2. The van der Waals surface area contributed by atoms with E-state index in [2.05, 4.69) is 73.0 Å². The summed E-state index contributed by atoms with van der Waals surface area (Å²) in [5.74, 6) is 0. The Morgan fingerprint density at radius 2 is 1.55 bits per heavy atom. The van der Waals surface area contributed by atoms with Crippen LogP contribution in [0, 0.1) is 0 Å². The molecule has 0 unspecified atom stereocenters. The molecule has 4 rings (SSSR count). The number of hydrogen-bond donors (Lipinski definition) is 0. The van der Waals surface area contributed by atoms with Gasteiger partial charge in [-0.15, -0.1) is 0 Å². The van der Waals surface area contributed by atoms with Gasteiger partial charge in [-0.1, -0.05) is 42.0 Å². The summed E-state index contributed by atoms with van der Waals surface area (Å²) in [7, 11) is 0. The average molecular weight is 259 g/mol. The van der Waals surface area contributed by atoms with Crippen molar-refractivity contribution >= 4 is 16.5 Å². The molecule has 0 N–H and O–H groups in total. The van der Waals surface area contributed by atoms with Crippen LogP contribution in [-0.4, -0.2) is 4.57 Å². The first-order chi connectivity index (χ1) is 9.77. The van der Waals surface area contributed by atoms with Crippen LogP contribution in [0.25, 0.3) is 22.2 Å². The standard InChI is InChI=1S/C19H17N/c1-13-12-17-16-10-6-7-11-18(16)20(19(17)14(13)2)15-8-4-3-5-9-15/h3-11H,12H2,1-2H3. The molecule has 1 aliphatic rings. The molecule has 20 heavy (non-hydrogen) atoms. The summed E-state index contributed by atoms with van der Waals surface area (Å²) in [6.07, 6.45) is 1.08. The molecule has 0 bridgehead atoms. The highest BCUT2D eigenvalue weighted by atomic mass is 15.0. The van der Waals surface area contributed by atoms with Crippen LogP contribution in [-0.2, 0) is 6.42 Å². The smallest absolute Gasteiger partial charge is 0.0537 e. The van der Waals surface area contributed by atoms with Crippen molar-refractivity contribution in [3.8, 4) is 5.69 Å². The van der Waals surface area contributed by atoms with Crippen LogP contribution in [0.5, 0.6) is 0 Å². The van der Waals surface area contributed by atoms with Crippen molar-refractivity contribution in [1.82, 2.24) is 4.57 Å². The van der Waals surface area contributed by atoms with E-state index in [-0.39, 0.29) is 0 Å². The molecular formula is C19H17N. The lowest BCUT2D eigenvalue weighted by Crippen LogP contribution is -1.97. The third-order valence-corrected chi connectivity index (χ3v) is 4.43. The molecule has 0 amide bonds. The second kappa shape index (κ2) is 4.11. The Labute approximate surface area is 119 Å². The predicted octanol–water partition coefficient (Wildman–Crippen LogP) is 4.98. The van der Waals surface area contributed by atoms with Gasteiger partial charge in [-0.05, 0) is 49.6 Å². The lowest BCUT2D eigenvalue weighted by molar-refractivity contribution is 1.09. The van der Waals surface area contributed by atoms with E-state index in [1.54, 1.807) is 0 Å². The van der Waals surface area contributed by atoms with Gasteiger partial charge in [0.15, 0.2) is 0 Å². The average Bonchev–Trinajstić information content (AvgIpc) is 2.96. The fourth-order valence-corrected chi connectivity index (χ4v) is 3.32. The molecule has 98 valence electrons. The minimum Gasteiger partial charge on any atom is -0.309 e. The van der Waals surface area contributed by atoms with Crippen LogP contribution >= 0.6 is 0 Å². The lowest BCUT2D eigenvalue weighted by atomic mass is 10.1. The molecule has 0 saturated heterocycles. The summed E-state index contributed by atoms with van der Waals surface area (Å²) < 4.78 is 2.41. The summed E-state index contributed by atoms with van der Waals surface area (Å²) in [4.78, 5) is 0. The highest BCUT2D eigenvalue weighted by Gasteiger charge is 2.24. The summed E-state index contributed by atoms with van der Waals surface area (Å²) >= 11 is 0. The van der Waals surface area contributed by atoms with E-state index in [1.807, 2.05) is 0 Å². The molecule has 0 aliphatic heterocycles. The number of fused-ring (bicyclic) bond motifs is 3. The van der Waals surface area contributed by atoms with Gasteiger partial charge in [0.05, 0.1) is 11.2 Å². The minimum absolute atomic E-state index is 1.08. The fraction of sp³-hybridized carbons (Fsp3) is 0.158. The van der Waals surface area contributed by atoms with Crippen molar-refractivity contribution in [1.29, 1.82) is 0 Å². The van der Waals surface area contributed by atoms with E-state index < -0.39 is 0 Å². The first-order valence-corrected chi connectivity index (χ1v) is 7.12. The van der Waals surface area contributed by atoms with E-state index in [0.29, 0.717) is 0 Å². The Hall–Kier alpha value is -2.28. The number of aromatic nitrogens is 1. The maximum atomic E-state index is 2.41. The predicted molar refractivity (Wildman–Crippen MR) is 85.2 cm³/mol. The largest absolute Gasteiger partial charge is 0.309 e. The second-order valence-corrected chi connectivity index (χ2v) is 5.60. The third-order valence-electron chi connectivity index (χ3n) is 4.43. The number of hydrogen-bond acceptors (Lipinski definition) is 0. The maximum absolute atomic E-state index is 2.41. The molecule has 1 aromatic heterocycles. The van der Waals surface area contributed by atoms with E-state index in [9.17, 15) is 0 Å². The first kappa shape index (κ1) is 11.5. The monoisotopic (exact) mass is 259 g/mol. The van der Waals surface area contributed by atoms with Gasteiger partial charge in [-0.25, -0.2) is 0 Å². The van der Waals surface area contributed by atoms with Gasteiger partial charge in [-0.3, -0.25) is 0 Å². The number of para-hydroxylation sites is 2. The maximum Gasteiger partial charge on any atom is 0.0537 e. The molecule has 0 atom stereocenters. The molecule has 1 heteroatoms. The van der Waals surface area contributed by atoms with Crippen LogP contribution in [0.2, 0.25) is 0 Å². The van der Waals surface area contributed by atoms with Gasteiger partial charge < -0.3 is 4.57 Å². The fourth-order valence-electron chi connectivity index (χ4n) is 3.32. The van der Waals surface area contributed by atoms with Crippen molar-refractivity contribution in [2.75, 3.05) is 0 Å². The number of rotatable bonds is 1. The van der Waals surface area contributed by atoms with Gasteiger partial charge in [0.1, 0.15) is 0 Å². The van der Waals surface area contributed by atoms with Gasteiger partial charge in [0, 0.05) is 11.1 Å². The zero-order valence-corrected chi connectivity index (χ0v) is 11.9. The molecule has 1 aliphatic carbocycles. The van der Waals surface area contributed by atoms with E-state index in [0.717, 1.165) is 6.42 Å². The van der Waals surface area contributed by atoms with Crippen LogP contribution in [0.15, 0.2) is 60.2 Å². The second-order valence-electron chi connectivity index (χ2n) is 5.60. The zero-order valence-electron chi connectivity index (χ0n) is 11.9. The molecule has 0 radical (unpaired) electrons. The Kier molecular flexibility index (Phi) is 2.37. The normalized spacial score (nSPS) is 14.1. The Bertz CT molecular complexity index is 835. The summed E-state index contributed by atoms with van der Waals surface area (Å²) in [6.45, 7) is 4.50. The van der Waals surface area contributed by atoms with E-state index in [4.69, 9.17) is 0 Å². The molecular weight excluding hydrogens is 242 g/mol. The zero-order chi connectivity index (χ0) is 13.7. The first-order valence-electron chi connectivity index (χ1n) is 7.12. The van der Waals surface area contributed by atoms with E-state index in [1.165, 1.54) is 39.0 Å². The molecule has 0 saturated carbocycles. The van der Waals surface area contributed by atoms with Crippen molar-refractivity contribution in [2.45, 2.75) is 20.3 Å². The molecule has 1 nitrogen and oxygen atoms in total. The Balaban J connectivity index is 2.15. The molecule has 3 aromatic rings. The topological polar surface area (TPSA) is 4.93 Å². The summed E-state index contributed by atoms with van der Waals surface area (Å²) in [5, 5.41) is 1.39. The van der Waals surface area contributed by atoms with Crippen molar-refractivity contribution in [3.63, 3.8) is 0 Å². The van der Waals surface area contributed by atoms with Gasteiger partial charge in [0.25, 0.3) is 0 Å². The molecule has 1 heterocycles. The lowest BCUT2D eigenvalue weighted by Gasteiger charge is -2.11. The Morgan fingerprint density at radius 1 is 0.850 bits per heavy atom. The SMILES string of the molecule is CC1=C(C)c2c(c3ccccc3n2-c2ccccc2)C1. The number of nitrogens with zero attached hydrogens (tertiary/aromatic N) is 1. The third kappa shape index (κ3) is 1.44. The number of benzene rings is 2. The van der Waals surface area contributed by atoms with E-state index >= 15 is 0 Å². The van der Waals surface area contributed by atoms with Gasteiger partial charge in [0.2, 0.25) is 0 Å². The summed E-state index contributed by atoms with van der Waals surface area (Å²) in [5.41, 5.74) is 8.37. The Morgan fingerprint density at radius 3 is 2.35 bits per heavy atom. The van der Waals surface area contributed by atoms with Crippen LogP contribution in [0.1, 0.15) is 25.1 Å². The van der Waals surface area contributed by atoms with Crippen molar-refractivity contribution < 1.29 is 0 Å². The molecule has 2 aromatic carbocycles. The molecule has 0 fully saturated rings. The van der Waals surface area contributed by atoms with Crippen LogP contribution in [0.4, 0.5) is 0 Å². The highest BCUT2D eigenvalue weighted by Crippen LogP contribution is 2.40.